The van der Waals surface area contributed by atoms with Gasteiger partial charge in [-0.1, -0.05) is 48.5 Å². The Morgan fingerprint density at radius 2 is 1.83 bits per heavy atom. The summed E-state index contributed by atoms with van der Waals surface area (Å²) in [6, 6.07) is 16.5. The molecule has 2 atom stereocenters. The molecule has 2 amide bonds. The highest BCUT2D eigenvalue weighted by Gasteiger charge is 2.32. The molecule has 1 unspecified atom stereocenters. The van der Waals surface area contributed by atoms with Gasteiger partial charge in [0.2, 0.25) is 11.8 Å². The first kappa shape index (κ1) is 21.9. The van der Waals surface area contributed by atoms with Crippen molar-refractivity contribution in [2.24, 2.45) is 5.92 Å². The quantitative estimate of drug-likeness (QED) is 0.567. The number of aliphatic carboxylic acids is 1. The molecule has 0 aliphatic carbocycles. The molecule has 1 heterocycles. The van der Waals surface area contributed by atoms with Gasteiger partial charge in [0.05, 0.1) is 12.3 Å². The van der Waals surface area contributed by atoms with Gasteiger partial charge >= 0.3 is 5.97 Å². The molecule has 30 heavy (non-hydrogen) atoms. The van der Waals surface area contributed by atoms with E-state index in [4.69, 9.17) is 5.11 Å². The molecule has 2 aromatic carbocycles. The van der Waals surface area contributed by atoms with Crippen molar-refractivity contribution >= 4 is 36.1 Å². The number of hydrogen-bond acceptors (Lipinski definition) is 4. The number of nitrogens with one attached hydrogen (secondary N) is 1. The lowest BCUT2D eigenvalue weighted by molar-refractivity contribution is -0.137. The molecule has 0 saturated heterocycles. The van der Waals surface area contributed by atoms with Crippen molar-refractivity contribution in [3.8, 4) is 0 Å². The lowest BCUT2D eigenvalue weighted by atomic mass is 9.99. The van der Waals surface area contributed by atoms with E-state index in [1.807, 2.05) is 54.6 Å². The van der Waals surface area contributed by atoms with Crippen molar-refractivity contribution in [1.82, 2.24) is 5.32 Å². The van der Waals surface area contributed by atoms with Crippen LogP contribution < -0.4 is 10.2 Å². The summed E-state index contributed by atoms with van der Waals surface area (Å²) in [5.41, 5.74) is 2.73. The van der Waals surface area contributed by atoms with Crippen LogP contribution >= 0.6 is 12.6 Å². The number of carboxylic acid groups (broad SMARTS) is 1. The Hall–Kier alpha value is -2.80. The lowest BCUT2D eigenvalue weighted by Crippen LogP contribution is -2.50. The summed E-state index contributed by atoms with van der Waals surface area (Å²) in [5, 5.41) is 12.0. The Kier molecular flexibility index (Phi) is 7.52. The van der Waals surface area contributed by atoms with E-state index in [0.29, 0.717) is 25.0 Å². The molecule has 0 radical (unpaired) electrons. The molecule has 0 aromatic heterocycles. The van der Waals surface area contributed by atoms with Gasteiger partial charge in [0.1, 0.15) is 6.04 Å². The second-order valence-corrected chi connectivity index (χ2v) is 7.80. The van der Waals surface area contributed by atoms with Crippen molar-refractivity contribution < 1.29 is 19.5 Å². The van der Waals surface area contributed by atoms with E-state index in [2.05, 4.69) is 17.9 Å². The van der Waals surface area contributed by atoms with Gasteiger partial charge in [-0.05, 0) is 36.5 Å². The van der Waals surface area contributed by atoms with Crippen LogP contribution in [0.15, 0.2) is 54.6 Å². The molecule has 0 fully saturated rings. The smallest absolute Gasteiger partial charge is 0.305 e. The fourth-order valence-corrected chi connectivity index (χ4v) is 4.01. The summed E-state index contributed by atoms with van der Waals surface area (Å²) >= 11 is 4.34. The van der Waals surface area contributed by atoms with Gasteiger partial charge in [0, 0.05) is 18.0 Å². The SMILES string of the molecule is O=C(O)CCN1C(=O)[C@@H](NC(=O)C(CS)Cc2ccccc2)CCc2ccccc21. The second-order valence-electron chi connectivity index (χ2n) is 7.43. The fourth-order valence-electron chi connectivity index (χ4n) is 3.72. The second kappa shape index (κ2) is 10.3. The van der Waals surface area contributed by atoms with Gasteiger partial charge in [-0.15, -0.1) is 0 Å². The summed E-state index contributed by atoms with van der Waals surface area (Å²) in [5.74, 6) is -1.45. The number of carbonyl (C=O) groups excluding carboxylic acids is 2. The van der Waals surface area contributed by atoms with Crippen LogP contribution in [0.5, 0.6) is 0 Å². The summed E-state index contributed by atoms with van der Waals surface area (Å²) in [6.07, 6.45) is 1.48. The number of fused-ring (bicyclic) bond motifs is 1. The van der Waals surface area contributed by atoms with Gasteiger partial charge < -0.3 is 15.3 Å². The molecule has 2 aromatic rings. The minimum Gasteiger partial charge on any atom is -0.481 e. The van der Waals surface area contributed by atoms with Gasteiger partial charge in [0.25, 0.3) is 0 Å². The van der Waals surface area contributed by atoms with Crippen LogP contribution in [-0.2, 0) is 27.2 Å². The first-order chi connectivity index (χ1) is 14.5. The van der Waals surface area contributed by atoms with Crippen molar-refractivity contribution in [2.75, 3.05) is 17.2 Å². The zero-order valence-electron chi connectivity index (χ0n) is 16.7. The molecular weight excluding hydrogens is 400 g/mol. The molecule has 1 aliphatic rings. The molecule has 2 N–H and O–H groups in total. The molecule has 158 valence electrons. The normalized spacial score (nSPS) is 17.0. The number of nitrogens with zero attached hydrogens (tertiary/aromatic N) is 1. The number of anilines is 1. The maximum atomic E-state index is 13.2. The number of benzene rings is 2. The zero-order valence-corrected chi connectivity index (χ0v) is 17.6. The molecular formula is C23H26N2O4S. The zero-order chi connectivity index (χ0) is 21.5. The van der Waals surface area contributed by atoms with E-state index in [1.165, 1.54) is 4.90 Å². The number of carboxylic acids is 1. The molecule has 1 aliphatic heterocycles. The minimum atomic E-state index is -0.969. The summed E-state index contributed by atoms with van der Waals surface area (Å²) in [4.78, 5) is 38.7. The Morgan fingerprint density at radius 1 is 1.13 bits per heavy atom. The third-order valence-corrected chi connectivity index (χ3v) is 5.77. The maximum absolute atomic E-state index is 13.2. The average molecular weight is 427 g/mol. The minimum absolute atomic E-state index is 0.0670. The van der Waals surface area contributed by atoms with Crippen molar-refractivity contribution in [3.63, 3.8) is 0 Å². The van der Waals surface area contributed by atoms with E-state index in [1.54, 1.807) is 0 Å². The first-order valence-corrected chi connectivity index (χ1v) is 10.7. The number of hydrogen-bond donors (Lipinski definition) is 3. The Morgan fingerprint density at radius 3 is 2.53 bits per heavy atom. The Labute approximate surface area is 181 Å². The van der Waals surface area contributed by atoms with Crippen molar-refractivity contribution in [3.05, 3.63) is 65.7 Å². The average Bonchev–Trinajstić information content (AvgIpc) is 2.88. The number of carbonyl (C=O) groups is 3. The molecule has 0 spiro atoms. The Bertz CT molecular complexity index is 903. The highest BCUT2D eigenvalue weighted by molar-refractivity contribution is 7.80. The predicted molar refractivity (Wildman–Crippen MR) is 119 cm³/mol. The first-order valence-electron chi connectivity index (χ1n) is 10.1. The number of thiol groups is 1. The summed E-state index contributed by atoms with van der Waals surface area (Å²) in [6.45, 7) is 0.0670. The fraction of sp³-hybridized carbons (Fsp3) is 0.348. The van der Waals surface area contributed by atoms with Crippen LogP contribution in [0.3, 0.4) is 0 Å². The molecule has 3 rings (SSSR count). The predicted octanol–water partition coefficient (Wildman–Crippen LogP) is 2.71. The van der Waals surface area contributed by atoms with Crippen LogP contribution in [0.25, 0.3) is 0 Å². The largest absolute Gasteiger partial charge is 0.481 e. The van der Waals surface area contributed by atoms with Crippen LogP contribution in [0.4, 0.5) is 5.69 Å². The number of rotatable bonds is 8. The lowest BCUT2D eigenvalue weighted by Gasteiger charge is -2.26. The van der Waals surface area contributed by atoms with Crippen molar-refractivity contribution in [2.45, 2.75) is 31.7 Å². The van der Waals surface area contributed by atoms with Crippen LogP contribution in [0.2, 0.25) is 0 Å². The molecule has 6 nitrogen and oxygen atoms in total. The standard InChI is InChI=1S/C23H26N2O4S/c26-21(27)12-13-25-20-9-5-4-8-17(20)10-11-19(23(25)29)24-22(28)18(15-30)14-16-6-2-1-3-7-16/h1-9,18-19,30H,10-15H2,(H,24,28)(H,26,27)/t18?,19-/m0/s1. The number of aryl methyl sites for hydroxylation is 1. The number of amides is 2. The van der Waals surface area contributed by atoms with Gasteiger partial charge in [-0.25, -0.2) is 0 Å². The maximum Gasteiger partial charge on any atom is 0.305 e. The van der Waals surface area contributed by atoms with E-state index < -0.39 is 12.0 Å². The van der Waals surface area contributed by atoms with Crippen LogP contribution in [0.1, 0.15) is 24.0 Å². The molecule has 0 saturated carbocycles. The van der Waals surface area contributed by atoms with E-state index >= 15 is 0 Å². The van der Waals surface area contributed by atoms with E-state index in [-0.39, 0.29) is 30.7 Å². The highest BCUT2D eigenvalue weighted by Crippen LogP contribution is 2.27. The summed E-state index contributed by atoms with van der Waals surface area (Å²) in [7, 11) is 0. The van der Waals surface area contributed by atoms with E-state index in [0.717, 1.165) is 16.8 Å². The topological polar surface area (TPSA) is 86.7 Å². The number of para-hydroxylation sites is 1. The van der Waals surface area contributed by atoms with Crippen LogP contribution in [0, 0.1) is 5.92 Å². The van der Waals surface area contributed by atoms with E-state index in [9.17, 15) is 14.4 Å². The molecule has 7 heteroatoms. The third-order valence-electron chi connectivity index (χ3n) is 5.33. The Balaban J connectivity index is 1.75. The summed E-state index contributed by atoms with van der Waals surface area (Å²) < 4.78 is 0. The van der Waals surface area contributed by atoms with Crippen LogP contribution in [-0.4, -0.2) is 41.2 Å². The van der Waals surface area contributed by atoms with Gasteiger partial charge in [-0.2, -0.15) is 12.6 Å². The molecule has 0 bridgehead atoms. The third kappa shape index (κ3) is 5.42. The van der Waals surface area contributed by atoms with Gasteiger partial charge in [-0.3, -0.25) is 14.4 Å². The monoisotopic (exact) mass is 426 g/mol. The van der Waals surface area contributed by atoms with Gasteiger partial charge in [0.15, 0.2) is 0 Å². The highest BCUT2D eigenvalue weighted by atomic mass is 32.1. The van der Waals surface area contributed by atoms with Crippen molar-refractivity contribution in [1.29, 1.82) is 0 Å².